The molecule has 0 saturated carbocycles. The number of alkyl halides is 3. The van der Waals surface area contributed by atoms with E-state index in [4.69, 9.17) is 0 Å². The molecule has 0 radical (unpaired) electrons. The Bertz CT molecular complexity index is 1230. The summed E-state index contributed by atoms with van der Waals surface area (Å²) < 4.78 is 84.3. The fourth-order valence-corrected chi connectivity index (χ4v) is 4.09. The summed E-state index contributed by atoms with van der Waals surface area (Å²) in [5.41, 5.74) is 3.70. The van der Waals surface area contributed by atoms with E-state index in [0.29, 0.717) is 24.0 Å². The third-order valence-electron chi connectivity index (χ3n) is 5.61. The second kappa shape index (κ2) is 8.96. The van der Waals surface area contributed by atoms with Crippen LogP contribution in [0.4, 0.5) is 26.3 Å². The maximum Gasteiger partial charge on any atom is 0.573 e. The lowest BCUT2D eigenvalue weighted by Gasteiger charge is -2.19. The maximum atomic E-state index is 14.9. The lowest BCUT2D eigenvalue weighted by molar-refractivity contribution is -0.275. The summed E-state index contributed by atoms with van der Waals surface area (Å²) in [6, 6.07) is 10.8. The van der Waals surface area contributed by atoms with Crippen molar-refractivity contribution in [2.45, 2.75) is 39.0 Å². The molecule has 0 N–H and O–H groups in total. The SMILES string of the molecule is CCCc1ccc(C2=Cc3cc(F)c(-c4ccc(OC(F)(F)F)c(F)c4)cc3CC2)c(F)c1. The van der Waals surface area contributed by atoms with Gasteiger partial charge in [-0.3, -0.25) is 0 Å². The van der Waals surface area contributed by atoms with E-state index in [1.54, 1.807) is 18.2 Å². The van der Waals surface area contributed by atoms with Crippen LogP contribution in [0.2, 0.25) is 0 Å². The summed E-state index contributed by atoms with van der Waals surface area (Å²) >= 11 is 0. The average Bonchev–Trinajstić information content (AvgIpc) is 2.74. The minimum absolute atomic E-state index is 0.0677. The molecule has 0 heterocycles. The molecule has 0 spiro atoms. The molecular formula is C26H20F6O. The molecule has 0 aromatic heterocycles. The first-order valence-electron chi connectivity index (χ1n) is 10.5. The number of hydrogen-bond acceptors (Lipinski definition) is 1. The smallest absolute Gasteiger partial charge is 0.403 e. The lowest BCUT2D eigenvalue weighted by Crippen LogP contribution is -2.17. The predicted octanol–water partition coefficient (Wildman–Crippen LogP) is 8.11. The van der Waals surface area contributed by atoms with Gasteiger partial charge in [-0.25, -0.2) is 13.2 Å². The Balaban J connectivity index is 1.65. The molecule has 0 atom stereocenters. The van der Waals surface area contributed by atoms with E-state index in [-0.39, 0.29) is 16.9 Å². The van der Waals surface area contributed by atoms with Crippen molar-refractivity contribution in [2.24, 2.45) is 0 Å². The van der Waals surface area contributed by atoms with Crippen LogP contribution in [-0.2, 0) is 12.8 Å². The zero-order valence-electron chi connectivity index (χ0n) is 17.7. The Kier molecular flexibility index (Phi) is 6.23. The molecule has 0 fully saturated rings. The van der Waals surface area contributed by atoms with Gasteiger partial charge < -0.3 is 4.74 Å². The fraction of sp³-hybridized carbons (Fsp3) is 0.231. The van der Waals surface area contributed by atoms with Crippen molar-refractivity contribution >= 4 is 11.6 Å². The third-order valence-corrected chi connectivity index (χ3v) is 5.61. The van der Waals surface area contributed by atoms with Crippen LogP contribution >= 0.6 is 0 Å². The molecule has 0 unspecified atom stereocenters. The van der Waals surface area contributed by atoms with E-state index >= 15 is 0 Å². The molecule has 0 bridgehead atoms. The highest BCUT2D eigenvalue weighted by molar-refractivity contribution is 5.85. The van der Waals surface area contributed by atoms with Crippen LogP contribution in [0, 0.1) is 17.5 Å². The first kappa shape index (κ1) is 23.0. The number of benzene rings is 3. The quantitative estimate of drug-likeness (QED) is 0.348. The van der Waals surface area contributed by atoms with Crippen LogP contribution in [0.1, 0.15) is 42.0 Å². The second-order valence-electron chi connectivity index (χ2n) is 7.96. The van der Waals surface area contributed by atoms with Gasteiger partial charge in [0.1, 0.15) is 11.6 Å². The highest BCUT2D eigenvalue weighted by Gasteiger charge is 2.32. The highest BCUT2D eigenvalue weighted by atomic mass is 19.4. The Morgan fingerprint density at radius 1 is 0.818 bits per heavy atom. The van der Waals surface area contributed by atoms with Gasteiger partial charge in [0, 0.05) is 11.1 Å². The van der Waals surface area contributed by atoms with E-state index in [2.05, 4.69) is 4.74 Å². The van der Waals surface area contributed by atoms with Crippen molar-refractivity contribution in [1.29, 1.82) is 0 Å². The van der Waals surface area contributed by atoms with Gasteiger partial charge in [0.2, 0.25) is 0 Å². The van der Waals surface area contributed by atoms with Crippen molar-refractivity contribution in [2.75, 3.05) is 0 Å². The van der Waals surface area contributed by atoms with Crippen molar-refractivity contribution in [1.82, 2.24) is 0 Å². The number of aryl methyl sites for hydroxylation is 2. The number of ether oxygens (including phenoxy) is 1. The third kappa shape index (κ3) is 5.07. The zero-order valence-corrected chi connectivity index (χ0v) is 17.7. The maximum absolute atomic E-state index is 14.9. The molecule has 0 aliphatic heterocycles. The van der Waals surface area contributed by atoms with E-state index in [1.807, 2.05) is 13.0 Å². The standard InChI is InChI=1S/C26H20F6O/c1-2-3-15-4-8-20(22(27)10-15)17-6-5-16-12-21(23(28)14-19(16)11-17)18-7-9-25(24(29)13-18)33-26(30,31)32/h4,7-14H,2-3,5-6H2,1H3. The van der Waals surface area contributed by atoms with Gasteiger partial charge in [0.05, 0.1) is 0 Å². The zero-order chi connectivity index (χ0) is 23.8. The van der Waals surface area contributed by atoms with E-state index in [0.717, 1.165) is 41.7 Å². The number of hydrogen-bond donors (Lipinski definition) is 0. The molecular weight excluding hydrogens is 442 g/mol. The van der Waals surface area contributed by atoms with Gasteiger partial charge in [0.25, 0.3) is 0 Å². The highest BCUT2D eigenvalue weighted by Crippen LogP contribution is 2.37. The van der Waals surface area contributed by atoms with Crippen LogP contribution in [0.3, 0.4) is 0 Å². The van der Waals surface area contributed by atoms with Gasteiger partial charge in [-0.05, 0) is 77.4 Å². The number of allylic oxidation sites excluding steroid dienone is 1. The van der Waals surface area contributed by atoms with Crippen molar-refractivity contribution < 1.29 is 31.1 Å². The first-order chi connectivity index (χ1) is 15.6. The summed E-state index contributed by atoms with van der Waals surface area (Å²) in [5, 5.41) is 0. The first-order valence-corrected chi connectivity index (χ1v) is 10.5. The average molecular weight is 462 g/mol. The van der Waals surface area contributed by atoms with Gasteiger partial charge in [-0.15, -0.1) is 13.2 Å². The minimum atomic E-state index is -5.03. The van der Waals surface area contributed by atoms with Crippen LogP contribution < -0.4 is 4.74 Å². The van der Waals surface area contributed by atoms with Crippen LogP contribution in [-0.4, -0.2) is 6.36 Å². The van der Waals surface area contributed by atoms with Crippen molar-refractivity contribution in [3.8, 4) is 16.9 Å². The van der Waals surface area contributed by atoms with Gasteiger partial charge in [0.15, 0.2) is 11.6 Å². The number of halogens is 6. The predicted molar refractivity (Wildman–Crippen MR) is 115 cm³/mol. The Hall–Kier alpha value is -3.22. The van der Waals surface area contributed by atoms with Crippen LogP contribution in [0.5, 0.6) is 5.75 Å². The van der Waals surface area contributed by atoms with Crippen molar-refractivity contribution in [3.05, 3.63) is 88.2 Å². The van der Waals surface area contributed by atoms with Crippen LogP contribution in [0.15, 0.2) is 48.5 Å². The molecule has 1 aliphatic rings. The molecule has 3 aromatic carbocycles. The summed E-state index contributed by atoms with van der Waals surface area (Å²) in [5.74, 6) is -3.20. The molecule has 33 heavy (non-hydrogen) atoms. The van der Waals surface area contributed by atoms with Gasteiger partial charge in [-0.2, -0.15) is 0 Å². The molecule has 7 heteroatoms. The lowest BCUT2D eigenvalue weighted by atomic mass is 9.86. The monoisotopic (exact) mass is 462 g/mol. The number of fused-ring (bicyclic) bond motifs is 1. The summed E-state index contributed by atoms with van der Waals surface area (Å²) in [7, 11) is 0. The van der Waals surface area contributed by atoms with E-state index < -0.39 is 23.7 Å². The fourth-order valence-electron chi connectivity index (χ4n) is 4.09. The molecule has 4 rings (SSSR count). The largest absolute Gasteiger partial charge is 0.573 e. The summed E-state index contributed by atoms with van der Waals surface area (Å²) in [6.45, 7) is 2.02. The molecule has 3 aromatic rings. The van der Waals surface area contributed by atoms with Gasteiger partial charge in [-0.1, -0.05) is 37.6 Å². The topological polar surface area (TPSA) is 9.23 Å². The minimum Gasteiger partial charge on any atom is -0.403 e. The molecule has 172 valence electrons. The van der Waals surface area contributed by atoms with Crippen LogP contribution in [0.25, 0.3) is 22.8 Å². The second-order valence-corrected chi connectivity index (χ2v) is 7.96. The Morgan fingerprint density at radius 3 is 2.24 bits per heavy atom. The van der Waals surface area contributed by atoms with E-state index in [9.17, 15) is 26.3 Å². The van der Waals surface area contributed by atoms with E-state index in [1.165, 1.54) is 18.2 Å². The molecule has 0 saturated heterocycles. The Labute approximate surface area is 187 Å². The van der Waals surface area contributed by atoms with Crippen molar-refractivity contribution in [3.63, 3.8) is 0 Å². The Morgan fingerprint density at radius 2 is 1.58 bits per heavy atom. The molecule has 1 aliphatic carbocycles. The van der Waals surface area contributed by atoms with Gasteiger partial charge >= 0.3 is 6.36 Å². The number of rotatable bonds is 5. The summed E-state index contributed by atoms with van der Waals surface area (Å²) in [4.78, 5) is 0. The molecule has 0 amide bonds. The summed E-state index contributed by atoms with van der Waals surface area (Å²) in [6.07, 6.45) is -0.531. The normalized spacial score (nSPS) is 13.5. The molecule has 1 nitrogen and oxygen atoms in total.